The predicted molar refractivity (Wildman–Crippen MR) is 110 cm³/mol. The largest absolute Gasteiger partial charge is 0.397 e. The highest BCUT2D eigenvalue weighted by atomic mass is 35.5. The third-order valence-electron chi connectivity index (χ3n) is 3.39. The molecule has 0 radical (unpaired) electrons. The summed E-state index contributed by atoms with van der Waals surface area (Å²) in [6, 6.07) is 11.8. The van der Waals surface area contributed by atoms with Crippen LogP contribution in [0.1, 0.15) is 37.6 Å². The lowest BCUT2D eigenvalue weighted by Crippen LogP contribution is -2.20. The van der Waals surface area contributed by atoms with Crippen LogP contribution in [0, 0.1) is 5.41 Å². The van der Waals surface area contributed by atoms with Crippen LogP contribution in [0.3, 0.4) is 0 Å². The number of carbonyl (C=O) groups excluding carboxylic acids is 2. The van der Waals surface area contributed by atoms with Gasteiger partial charge in [0.05, 0.1) is 22.0 Å². The van der Waals surface area contributed by atoms with Crippen LogP contribution in [0.2, 0.25) is 5.02 Å². The van der Waals surface area contributed by atoms with Crippen molar-refractivity contribution in [3.05, 3.63) is 53.1 Å². The SMILES string of the molecule is CC(C)(C)CC(=O)Nc1ccc(Cl)c(C(=O)Nc2ccccc2N)c1.Cl. The number of nitrogens with one attached hydrogen (secondary N) is 2. The second-order valence-electron chi connectivity index (χ2n) is 7.02. The van der Waals surface area contributed by atoms with Crippen LogP contribution < -0.4 is 16.4 Å². The zero-order valence-electron chi connectivity index (χ0n) is 14.9. The number of nitrogen functional groups attached to an aromatic ring is 1. The first-order valence-electron chi connectivity index (χ1n) is 7.91. The highest BCUT2D eigenvalue weighted by Crippen LogP contribution is 2.25. The monoisotopic (exact) mass is 395 g/mol. The van der Waals surface area contributed by atoms with E-state index in [0.717, 1.165) is 0 Å². The van der Waals surface area contributed by atoms with Gasteiger partial charge in [-0.25, -0.2) is 0 Å². The molecule has 0 fully saturated rings. The van der Waals surface area contributed by atoms with Crippen LogP contribution >= 0.6 is 24.0 Å². The molecule has 140 valence electrons. The Bertz CT molecular complexity index is 802. The second-order valence-corrected chi connectivity index (χ2v) is 7.43. The number of para-hydroxylation sites is 2. The lowest BCUT2D eigenvalue weighted by atomic mass is 9.92. The summed E-state index contributed by atoms with van der Waals surface area (Å²) in [5.41, 5.74) is 7.46. The molecular weight excluding hydrogens is 373 g/mol. The summed E-state index contributed by atoms with van der Waals surface area (Å²) in [7, 11) is 0. The summed E-state index contributed by atoms with van der Waals surface area (Å²) >= 11 is 6.14. The number of rotatable bonds is 4. The molecule has 7 heteroatoms. The second kappa shape index (κ2) is 8.92. The van der Waals surface area contributed by atoms with Gasteiger partial charge in [0.25, 0.3) is 5.91 Å². The van der Waals surface area contributed by atoms with Crippen molar-refractivity contribution < 1.29 is 9.59 Å². The van der Waals surface area contributed by atoms with E-state index in [-0.39, 0.29) is 29.3 Å². The van der Waals surface area contributed by atoms with Gasteiger partial charge in [0.1, 0.15) is 0 Å². The zero-order chi connectivity index (χ0) is 18.6. The molecule has 0 bridgehead atoms. The van der Waals surface area contributed by atoms with E-state index in [1.165, 1.54) is 0 Å². The third kappa shape index (κ3) is 6.24. The fourth-order valence-electron chi connectivity index (χ4n) is 2.26. The summed E-state index contributed by atoms with van der Waals surface area (Å²) in [6.07, 6.45) is 0.373. The van der Waals surface area contributed by atoms with Crippen molar-refractivity contribution in [2.45, 2.75) is 27.2 Å². The number of halogens is 2. The molecule has 0 saturated heterocycles. The molecule has 0 heterocycles. The molecule has 2 aromatic carbocycles. The van der Waals surface area contributed by atoms with Crippen molar-refractivity contribution in [1.29, 1.82) is 0 Å². The normalized spacial score (nSPS) is 10.6. The summed E-state index contributed by atoms with van der Waals surface area (Å²) in [5, 5.41) is 5.81. The van der Waals surface area contributed by atoms with Crippen molar-refractivity contribution in [1.82, 2.24) is 0 Å². The van der Waals surface area contributed by atoms with Crippen LogP contribution in [0.5, 0.6) is 0 Å². The summed E-state index contributed by atoms with van der Waals surface area (Å²) in [5.74, 6) is -0.511. The van der Waals surface area contributed by atoms with Gasteiger partial charge in [-0.05, 0) is 35.7 Å². The van der Waals surface area contributed by atoms with Crippen molar-refractivity contribution in [2.75, 3.05) is 16.4 Å². The predicted octanol–water partition coefficient (Wildman–Crippen LogP) is 4.97. The van der Waals surface area contributed by atoms with E-state index >= 15 is 0 Å². The Morgan fingerprint density at radius 2 is 1.73 bits per heavy atom. The molecule has 0 spiro atoms. The van der Waals surface area contributed by atoms with E-state index < -0.39 is 5.91 Å². The molecule has 0 saturated carbocycles. The van der Waals surface area contributed by atoms with Crippen LogP contribution in [0.15, 0.2) is 42.5 Å². The number of amides is 2. The standard InChI is InChI=1S/C19H22ClN3O2.ClH/c1-19(2,3)11-17(24)22-12-8-9-14(20)13(10-12)18(25)23-16-7-5-4-6-15(16)21;/h4-10H,11,21H2,1-3H3,(H,22,24)(H,23,25);1H. The van der Waals surface area contributed by atoms with Gasteiger partial charge in [-0.2, -0.15) is 0 Å². The van der Waals surface area contributed by atoms with Crippen LogP contribution in [0.4, 0.5) is 17.1 Å². The molecule has 0 aliphatic rings. The van der Waals surface area contributed by atoms with E-state index in [9.17, 15) is 9.59 Å². The summed E-state index contributed by atoms with van der Waals surface area (Å²) in [4.78, 5) is 24.6. The smallest absolute Gasteiger partial charge is 0.257 e. The lowest BCUT2D eigenvalue weighted by molar-refractivity contribution is -0.117. The number of hydrogen-bond donors (Lipinski definition) is 3. The number of anilines is 3. The number of benzene rings is 2. The molecular formula is C19H23Cl2N3O2. The molecule has 2 aromatic rings. The lowest BCUT2D eigenvalue weighted by Gasteiger charge is -2.17. The van der Waals surface area contributed by atoms with Crippen molar-refractivity contribution in [3.8, 4) is 0 Å². The van der Waals surface area contributed by atoms with Crippen LogP contribution in [0.25, 0.3) is 0 Å². The minimum atomic E-state index is -0.394. The topological polar surface area (TPSA) is 84.2 Å². The molecule has 2 rings (SSSR count). The summed E-state index contributed by atoms with van der Waals surface area (Å²) in [6.45, 7) is 5.95. The van der Waals surface area contributed by atoms with Gasteiger partial charge in [0.15, 0.2) is 0 Å². The maximum atomic E-state index is 12.5. The van der Waals surface area contributed by atoms with E-state index in [2.05, 4.69) is 10.6 Å². The average Bonchev–Trinajstić information content (AvgIpc) is 2.49. The van der Waals surface area contributed by atoms with Gasteiger partial charge >= 0.3 is 0 Å². The molecule has 0 aliphatic carbocycles. The average molecular weight is 396 g/mol. The van der Waals surface area contributed by atoms with E-state index in [1.54, 1.807) is 42.5 Å². The van der Waals surface area contributed by atoms with E-state index in [0.29, 0.717) is 28.5 Å². The van der Waals surface area contributed by atoms with Crippen LogP contribution in [-0.2, 0) is 4.79 Å². The molecule has 0 unspecified atom stereocenters. The Labute approximate surface area is 164 Å². The van der Waals surface area contributed by atoms with Crippen molar-refractivity contribution in [2.24, 2.45) is 5.41 Å². The van der Waals surface area contributed by atoms with Crippen molar-refractivity contribution >= 4 is 52.9 Å². The van der Waals surface area contributed by atoms with Gasteiger partial charge in [-0.15, -0.1) is 12.4 Å². The third-order valence-corrected chi connectivity index (χ3v) is 3.72. The molecule has 0 atom stereocenters. The molecule has 4 N–H and O–H groups in total. The zero-order valence-corrected chi connectivity index (χ0v) is 16.5. The quantitative estimate of drug-likeness (QED) is 0.638. The Morgan fingerprint density at radius 1 is 1.08 bits per heavy atom. The molecule has 0 aromatic heterocycles. The van der Waals surface area contributed by atoms with Crippen molar-refractivity contribution in [3.63, 3.8) is 0 Å². The van der Waals surface area contributed by atoms with Gasteiger partial charge in [-0.1, -0.05) is 44.5 Å². The number of hydrogen-bond acceptors (Lipinski definition) is 3. The first-order valence-corrected chi connectivity index (χ1v) is 8.29. The Balaban J connectivity index is 0.00000338. The number of nitrogens with two attached hydrogens (primary N) is 1. The fraction of sp³-hybridized carbons (Fsp3) is 0.263. The minimum Gasteiger partial charge on any atom is -0.397 e. The van der Waals surface area contributed by atoms with Gasteiger partial charge in [-0.3, -0.25) is 9.59 Å². The van der Waals surface area contributed by atoms with Gasteiger partial charge < -0.3 is 16.4 Å². The summed E-state index contributed by atoms with van der Waals surface area (Å²) < 4.78 is 0. The van der Waals surface area contributed by atoms with Gasteiger partial charge in [0, 0.05) is 12.1 Å². The highest BCUT2D eigenvalue weighted by Gasteiger charge is 2.17. The molecule has 2 amide bonds. The highest BCUT2D eigenvalue weighted by molar-refractivity contribution is 6.34. The number of carbonyl (C=O) groups is 2. The maximum Gasteiger partial charge on any atom is 0.257 e. The Morgan fingerprint density at radius 3 is 2.35 bits per heavy atom. The Hall–Kier alpha value is -2.24. The van der Waals surface area contributed by atoms with Gasteiger partial charge in [0.2, 0.25) is 5.91 Å². The molecule has 26 heavy (non-hydrogen) atoms. The van der Waals surface area contributed by atoms with E-state index in [4.69, 9.17) is 17.3 Å². The van der Waals surface area contributed by atoms with Crippen LogP contribution in [-0.4, -0.2) is 11.8 Å². The minimum absolute atomic E-state index is 0. The first kappa shape index (κ1) is 21.8. The molecule has 5 nitrogen and oxygen atoms in total. The Kier molecular flexibility index (Phi) is 7.48. The first-order chi connectivity index (χ1) is 11.7. The maximum absolute atomic E-state index is 12.5. The van der Waals surface area contributed by atoms with E-state index in [1.807, 2.05) is 20.8 Å². The fourth-order valence-corrected chi connectivity index (χ4v) is 2.47. The molecule has 0 aliphatic heterocycles.